The predicted octanol–water partition coefficient (Wildman–Crippen LogP) is 3.75. The first-order valence-electron chi connectivity index (χ1n) is 8.78. The second-order valence-electron chi connectivity index (χ2n) is 6.19. The van der Waals surface area contributed by atoms with Gasteiger partial charge in [0.1, 0.15) is 23.0 Å². The van der Waals surface area contributed by atoms with Crippen molar-refractivity contribution in [3.8, 4) is 11.5 Å². The zero-order valence-electron chi connectivity index (χ0n) is 15.8. The van der Waals surface area contributed by atoms with Crippen molar-refractivity contribution in [2.75, 3.05) is 19.5 Å². The van der Waals surface area contributed by atoms with Gasteiger partial charge in [-0.15, -0.1) is 11.3 Å². The maximum absolute atomic E-state index is 13.2. The third kappa shape index (κ3) is 3.50. The number of anilines is 1. The second-order valence-corrected chi connectivity index (χ2v) is 7.14. The quantitative estimate of drug-likeness (QED) is 0.598. The van der Waals surface area contributed by atoms with E-state index in [-0.39, 0.29) is 18.1 Å². The molecule has 0 spiro atoms. The molecule has 2 amide bonds. The summed E-state index contributed by atoms with van der Waals surface area (Å²) < 4.78 is 15.9. The van der Waals surface area contributed by atoms with Crippen LogP contribution < -0.4 is 14.8 Å². The monoisotopic (exact) mass is 410 g/mol. The topological polar surface area (TPSA) is 81.0 Å². The van der Waals surface area contributed by atoms with Crippen molar-refractivity contribution in [2.45, 2.75) is 6.54 Å². The van der Waals surface area contributed by atoms with Gasteiger partial charge in [-0.05, 0) is 35.7 Å². The average Bonchev–Trinajstić information content (AvgIpc) is 3.48. The third-order valence-corrected chi connectivity index (χ3v) is 5.39. The third-order valence-electron chi connectivity index (χ3n) is 4.50. The molecule has 0 atom stereocenters. The lowest BCUT2D eigenvalue weighted by Gasteiger charge is -2.15. The van der Waals surface area contributed by atoms with E-state index >= 15 is 0 Å². The van der Waals surface area contributed by atoms with Gasteiger partial charge in [0.25, 0.3) is 11.8 Å². The van der Waals surface area contributed by atoms with E-state index in [1.54, 1.807) is 37.4 Å². The summed E-state index contributed by atoms with van der Waals surface area (Å²) in [5.41, 5.74) is 1.08. The number of benzene rings is 1. The molecular formula is C21H18N2O5S. The Labute approximate surface area is 171 Å². The number of hydrogen-bond donors (Lipinski definition) is 1. The van der Waals surface area contributed by atoms with Crippen LogP contribution in [0.2, 0.25) is 0 Å². The fourth-order valence-corrected chi connectivity index (χ4v) is 3.85. The van der Waals surface area contributed by atoms with Crippen LogP contribution in [0.15, 0.2) is 64.2 Å². The molecular weight excluding hydrogens is 392 g/mol. The smallest absolute Gasteiger partial charge is 0.278 e. The molecule has 0 saturated carbocycles. The highest BCUT2D eigenvalue weighted by Gasteiger charge is 2.40. The number of rotatable bonds is 7. The summed E-state index contributed by atoms with van der Waals surface area (Å²) in [6, 6.07) is 12.3. The Hall–Kier alpha value is -3.52. The van der Waals surface area contributed by atoms with Crippen molar-refractivity contribution in [3.05, 3.63) is 70.4 Å². The summed E-state index contributed by atoms with van der Waals surface area (Å²) in [5.74, 6) is 0.845. The first-order valence-corrected chi connectivity index (χ1v) is 9.66. The zero-order valence-corrected chi connectivity index (χ0v) is 16.6. The molecule has 7 nitrogen and oxygen atoms in total. The van der Waals surface area contributed by atoms with Crippen LogP contribution >= 0.6 is 11.3 Å². The molecule has 0 bridgehead atoms. The molecule has 148 valence electrons. The molecule has 1 aromatic carbocycles. The number of carbonyl (C=O) groups is 2. The number of hydrogen-bond acceptors (Lipinski definition) is 7. The standard InChI is InChI=1S/C21H18N2O5S/c1-26-13-7-8-15(16(11-13)27-2)22-19-18(17-6-4-10-29-17)20(24)23(21(19)25)12-14-5-3-9-28-14/h3-11,22H,12H2,1-2H3. The van der Waals surface area contributed by atoms with Gasteiger partial charge in [0.05, 0.1) is 38.3 Å². The summed E-state index contributed by atoms with van der Waals surface area (Å²) in [4.78, 5) is 28.2. The number of furan rings is 1. The summed E-state index contributed by atoms with van der Waals surface area (Å²) >= 11 is 1.39. The van der Waals surface area contributed by atoms with Crippen LogP contribution in [-0.4, -0.2) is 30.9 Å². The van der Waals surface area contributed by atoms with Crippen molar-refractivity contribution in [3.63, 3.8) is 0 Å². The summed E-state index contributed by atoms with van der Waals surface area (Å²) in [6.45, 7) is 0.0600. The SMILES string of the molecule is COc1ccc(NC2=C(c3cccs3)C(=O)N(Cc3ccco3)C2=O)c(OC)c1. The van der Waals surface area contributed by atoms with Crippen molar-refractivity contribution in [1.29, 1.82) is 0 Å². The highest BCUT2D eigenvalue weighted by Crippen LogP contribution is 2.36. The van der Waals surface area contributed by atoms with Gasteiger partial charge in [-0.3, -0.25) is 14.5 Å². The van der Waals surface area contributed by atoms with E-state index in [1.807, 2.05) is 17.5 Å². The lowest BCUT2D eigenvalue weighted by atomic mass is 10.1. The molecule has 1 aliphatic rings. The van der Waals surface area contributed by atoms with E-state index in [4.69, 9.17) is 13.9 Å². The second kappa shape index (κ2) is 7.84. The van der Waals surface area contributed by atoms with E-state index < -0.39 is 5.91 Å². The van der Waals surface area contributed by atoms with E-state index in [0.29, 0.717) is 33.4 Å². The number of amides is 2. The van der Waals surface area contributed by atoms with E-state index in [2.05, 4.69) is 5.32 Å². The van der Waals surface area contributed by atoms with E-state index in [0.717, 1.165) is 0 Å². The highest BCUT2D eigenvalue weighted by atomic mass is 32.1. The molecule has 0 saturated heterocycles. The molecule has 3 heterocycles. The minimum atomic E-state index is -0.423. The van der Waals surface area contributed by atoms with Crippen molar-refractivity contribution in [1.82, 2.24) is 4.90 Å². The Morgan fingerprint density at radius 1 is 1.07 bits per heavy atom. The summed E-state index contributed by atoms with van der Waals surface area (Å²) in [6.07, 6.45) is 1.51. The van der Waals surface area contributed by atoms with Crippen LogP contribution in [0.4, 0.5) is 5.69 Å². The van der Waals surface area contributed by atoms with Gasteiger partial charge in [-0.1, -0.05) is 6.07 Å². The summed E-state index contributed by atoms with van der Waals surface area (Å²) in [7, 11) is 3.09. The number of nitrogens with one attached hydrogen (secondary N) is 1. The van der Waals surface area contributed by atoms with Crippen molar-refractivity contribution in [2.24, 2.45) is 0 Å². The number of methoxy groups -OCH3 is 2. The number of ether oxygens (including phenoxy) is 2. The van der Waals surface area contributed by atoms with Gasteiger partial charge >= 0.3 is 0 Å². The van der Waals surface area contributed by atoms with E-state index in [9.17, 15) is 9.59 Å². The van der Waals surface area contributed by atoms with Crippen LogP contribution in [-0.2, 0) is 16.1 Å². The molecule has 0 aliphatic carbocycles. The van der Waals surface area contributed by atoms with Crippen LogP contribution in [0.5, 0.6) is 11.5 Å². The number of nitrogens with zero attached hydrogens (tertiary/aromatic N) is 1. The van der Waals surface area contributed by atoms with Crippen LogP contribution in [0.1, 0.15) is 10.6 Å². The largest absolute Gasteiger partial charge is 0.497 e. The van der Waals surface area contributed by atoms with Crippen LogP contribution in [0.3, 0.4) is 0 Å². The molecule has 4 rings (SSSR count). The summed E-state index contributed by atoms with van der Waals surface area (Å²) in [5, 5.41) is 4.96. The van der Waals surface area contributed by atoms with Crippen molar-refractivity contribution < 1.29 is 23.5 Å². The number of carbonyl (C=O) groups excluding carboxylic acids is 2. The first-order chi connectivity index (χ1) is 14.1. The van der Waals surface area contributed by atoms with Gasteiger partial charge < -0.3 is 19.2 Å². The Kier molecular flexibility index (Phi) is 5.09. The molecule has 1 N–H and O–H groups in total. The molecule has 3 aromatic rings. The van der Waals surface area contributed by atoms with Gasteiger partial charge in [-0.25, -0.2) is 0 Å². The van der Waals surface area contributed by atoms with Crippen LogP contribution in [0, 0.1) is 0 Å². The maximum Gasteiger partial charge on any atom is 0.278 e. The predicted molar refractivity (Wildman–Crippen MR) is 109 cm³/mol. The normalized spacial score (nSPS) is 13.9. The van der Waals surface area contributed by atoms with E-state index in [1.165, 1.54) is 29.6 Å². The minimum Gasteiger partial charge on any atom is -0.497 e. The fraction of sp³-hybridized carbons (Fsp3) is 0.143. The molecule has 0 unspecified atom stereocenters. The lowest BCUT2D eigenvalue weighted by Crippen LogP contribution is -2.31. The van der Waals surface area contributed by atoms with Gasteiger partial charge in [0.2, 0.25) is 0 Å². The van der Waals surface area contributed by atoms with Crippen molar-refractivity contribution >= 4 is 34.4 Å². The Morgan fingerprint density at radius 2 is 1.93 bits per heavy atom. The average molecular weight is 410 g/mol. The molecule has 2 aromatic heterocycles. The minimum absolute atomic E-state index is 0.0600. The first kappa shape index (κ1) is 18.8. The molecule has 1 aliphatic heterocycles. The zero-order chi connectivity index (χ0) is 20.4. The Bertz CT molecular complexity index is 1070. The number of imide groups is 1. The lowest BCUT2D eigenvalue weighted by molar-refractivity contribution is -0.137. The molecule has 0 fully saturated rings. The van der Waals surface area contributed by atoms with Crippen LogP contribution in [0.25, 0.3) is 5.57 Å². The van der Waals surface area contributed by atoms with Gasteiger partial charge in [0.15, 0.2) is 0 Å². The van der Waals surface area contributed by atoms with Gasteiger partial charge in [0, 0.05) is 10.9 Å². The Morgan fingerprint density at radius 3 is 2.59 bits per heavy atom. The maximum atomic E-state index is 13.2. The molecule has 8 heteroatoms. The van der Waals surface area contributed by atoms with Gasteiger partial charge in [-0.2, -0.15) is 0 Å². The Balaban J connectivity index is 1.73. The molecule has 29 heavy (non-hydrogen) atoms. The highest BCUT2D eigenvalue weighted by molar-refractivity contribution is 7.11. The number of thiophene rings is 1. The molecule has 0 radical (unpaired) electrons. The fourth-order valence-electron chi connectivity index (χ4n) is 3.08.